The van der Waals surface area contributed by atoms with Gasteiger partial charge in [0.2, 0.25) is 5.91 Å². The van der Waals surface area contributed by atoms with Crippen LogP contribution in [0.25, 0.3) is 17.3 Å². The minimum Gasteiger partial charge on any atom is -0.347 e. The van der Waals surface area contributed by atoms with Crippen molar-refractivity contribution < 1.29 is 4.79 Å². The number of amides is 1. The first kappa shape index (κ1) is 21.9. The van der Waals surface area contributed by atoms with Crippen molar-refractivity contribution in [1.82, 2.24) is 24.6 Å². The van der Waals surface area contributed by atoms with Crippen LogP contribution in [0.2, 0.25) is 0 Å². The number of imidazole rings is 1. The van der Waals surface area contributed by atoms with Gasteiger partial charge < -0.3 is 9.88 Å². The predicted octanol–water partition coefficient (Wildman–Crippen LogP) is 4.77. The molecule has 0 saturated carbocycles. The molecule has 2 aromatic heterocycles. The molecule has 6 nitrogen and oxygen atoms in total. The Morgan fingerprint density at radius 3 is 2.68 bits per heavy atom. The van der Waals surface area contributed by atoms with Crippen LogP contribution in [0.15, 0.2) is 73.1 Å². The molecule has 1 N–H and O–H groups in total. The molecular weight excluding hydrogens is 422 g/mol. The fraction of sp³-hybridized carbons (Fsp3) is 0.250. The average Bonchev–Trinajstić information content (AvgIpc) is 3.46. The summed E-state index contributed by atoms with van der Waals surface area (Å²) in [6.07, 6.45) is 10.9. The first-order valence-electron chi connectivity index (χ1n) is 11.8. The number of nitrogens with zero attached hydrogens (tertiary/aromatic N) is 4. The van der Waals surface area contributed by atoms with Gasteiger partial charge in [-0.15, -0.1) is 0 Å². The highest BCUT2D eigenvalue weighted by Gasteiger charge is 2.13. The van der Waals surface area contributed by atoms with E-state index in [-0.39, 0.29) is 5.91 Å². The van der Waals surface area contributed by atoms with Crippen molar-refractivity contribution in [2.45, 2.75) is 45.8 Å². The summed E-state index contributed by atoms with van der Waals surface area (Å²) in [6, 6.07) is 18.5. The molecule has 3 heterocycles. The van der Waals surface area contributed by atoms with E-state index in [9.17, 15) is 4.79 Å². The van der Waals surface area contributed by atoms with Crippen LogP contribution in [0.1, 0.15) is 41.1 Å². The minimum atomic E-state index is -0.142. The summed E-state index contributed by atoms with van der Waals surface area (Å²) in [4.78, 5) is 17.2. The van der Waals surface area contributed by atoms with Gasteiger partial charge in [-0.3, -0.25) is 9.48 Å². The summed E-state index contributed by atoms with van der Waals surface area (Å²) < 4.78 is 4.13. The lowest BCUT2D eigenvalue weighted by Gasteiger charge is -2.11. The summed E-state index contributed by atoms with van der Waals surface area (Å²) in [7, 11) is 0. The monoisotopic (exact) mass is 451 g/mol. The van der Waals surface area contributed by atoms with Gasteiger partial charge in [0.15, 0.2) is 0 Å². The third-order valence-corrected chi connectivity index (χ3v) is 6.12. The fourth-order valence-corrected chi connectivity index (χ4v) is 4.30. The molecule has 0 spiro atoms. The Balaban J connectivity index is 1.32. The zero-order valence-electron chi connectivity index (χ0n) is 19.4. The molecule has 5 rings (SSSR count). The lowest BCUT2D eigenvalue weighted by molar-refractivity contribution is -0.116. The summed E-state index contributed by atoms with van der Waals surface area (Å²) in [5.74, 6) is 0.983. The molecule has 1 aliphatic heterocycles. The van der Waals surface area contributed by atoms with E-state index in [1.54, 1.807) is 6.08 Å². The second-order valence-electron chi connectivity index (χ2n) is 8.83. The maximum absolute atomic E-state index is 12.6. The van der Waals surface area contributed by atoms with Gasteiger partial charge in [-0.2, -0.15) is 5.10 Å². The van der Waals surface area contributed by atoms with Crippen molar-refractivity contribution in [3.63, 3.8) is 0 Å². The van der Waals surface area contributed by atoms with Gasteiger partial charge in [0.25, 0.3) is 0 Å². The van der Waals surface area contributed by atoms with E-state index in [1.165, 1.54) is 24.0 Å². The van der Waals surface area contributed by atoms with Crippen LogP contribution in [-0.2, 0) is 30.8 Å². The van der Waals surface area contributed by atoms with Gasteiger partial charge in [0, 0.05) is 42.6 Å². The number of carbonyl (C=O) groups excluding carboxylic acids is 1. The molecule has 0 radical (unpaired) electrons. The second kappa shape index (κ2) is 9.91. The van der Waals surface area contributed by atoms with E-state index in [1.807, 2.05) is 35.2 Å². The molecule has 0 bridgehead atoms. The minimum absolute atomic E-state index is 0.142. The van der Waals surface area contributed by atoms with Crippen molar-refractivity contribution in [3.05, 3.63) is 101 Å². The van der Waals surface area contributed by atoms with Gasteiger partial charge in [0.05, 0.1) is 24.5 Å². The number of fused-ring (bicyclic) bond motifs is 1. The Labute approximate surface area is 200 Å². The third kappa shape index (κ3) is 5.17. The van der Waals surface area contributed by atoms with E-state index in [2.05, 4.69) is 64.4 Å². The SMILES string of the molecule is Cc1ccc(-c2nn(Cc3ccccc3)cc2/C=C/C(=O)NCc2cn3c(n2)CCCC3)cc1. The van der Waals surface area contributed by atoms with Gasteiger partial charge in [0.1, 0.15) is 5.82 Å². The zero-order chi connectivity index (χ0) is 23.3. The summed E-state index contributed by atoms with van der Waals surface area (Å²) in [6.45, 7) is 4.19. The fourth-order valence-electron chi connectivity index (χ4n) is 4.30. The molecule has 1 aliphatic rings. The molecule has 6 heteroatoms. The van der Waals surface area contributed by atoms with Gasteiger partial charge >= 0.3 is 0 Å². The van der Waals surface area contributed by atoms with Crippen molar-refractivity contribution in [1.29, 1.82) is 0 Å². The smallest absolute Gasteiger partial charge is 0.244 e. The summed E-state index contributed by atoms with van der Waals surface area (Å²) in [5, 5.41) is 7.80. The maximum Gasteiger partial charge on any atom is 0.244 e. The summed E-state index contributed by atoms with van der Waals surface area (Å²) >= 11 is 0. The molecule has 172 valence electrons. The van der Waals surface area contributed by atoms with Crippen LogP contribution in [-0.4, -0.2) is 25.2 Å². The number of benzene rings is 2. The number of carbonyl (C=O) groups is 1. The highest BCUT2D eigenvalue weighted by atomic mass is 16.1. The highest BCUT2D eigenvalue weighted by molar-refractivity contribution is 5.92. The number of nitrogens with one attached hydrogen (secondary N) is 1. The van der Waals surface area contributed by atoms with Crippen molar-refractivity contribution in [2.24, 2.45) is 0 Å². The lowest BCUT2D eigenvalue weighted by Crippen LogP contribution is -2.20. The van der Waals surface area contributed by atoms with E-state index >= 15 is 0 Å². The number of rotatable bonds is 7. The van der Waals surface area contributed by atoms with Gasteiger partial charge in [-0.1, -0.05) is 60.2 Å². The number of aryl methyl sites for hydroxylation is 3. The summed E-state index contributed by atoms with van der Waals surface area (Å²) in [5.41, 5.74) is 6.09. The van der Waals surface area contributed by atoms with Crippen LogP contribution < -0.4 is 5.32 Å². The second-order valence-corrected chi connectivity index (χ2v) is 8.83. The first-order chi connectivity index (χ1) is 16.6. The van der Waals surface area contributed by atoms with Gasteiger partial charge in [-0.05, 0) is 31.4 Å². The standard InChI is InChI=1S/C28H29N5O/c1-21-10-12-23(13-11-21)28-24(19-33(31-28)18-22-7-3-2-4-8-22)14-15-27(34)29-17-25-20-32-16-6-5-9-26(32)30-25/h2-4,7-8,10-15,19-20H,5-6,9,16-18H2,1H3,(H,29,34)/b15-14+. The molecule has 0 aliphatic carbocycles. The average molecular weight is 452 g/mol. The van der Waals surface area contributed by atoms with Crippen LogP contribution in [0.4, 0.5) is 0 Å². The quantitative estimate of drug-likeness (QED) is 0.412. The highest BCUT2D eigenvalue weighted by Crippen LogP contribution is 2.24. The van der Waals surface area contributed by atoms with E-state index in [4.69, 9.17) is 5.10 Å². The Hall–Kier alpha value is -3.93. The van der Waals surface area contributed by atoms with Crippen molar-refractivity contribution in [3.8, 4) is 11.3 Å². The van der Waals surface area contributed by atoms with E-state index in [0.29, 0.717) is 13.1 Å². The van der Waals surface area contributed by atoms with Crippen LogP contribution >= 0.6 is 0 Å². The zero-order valence-corrected chi connectivity index (χ0v) is 19.4. The first-order valence-corrected chi connectivity index (χ1v) is 11.8. The third-order valence-electron chi connectivity index (χ3n) is 6.12. The molecule has 0 unspecified atom stereocenters. The number of hydrogen-bond donors (Lipinski definition) is 1. The van der Waals surface area contributed by atoms with Gasteiger partial charge in [-0.25, -0.2) is 4.98 Å². The molecule has 1 amide bonds. The topological polar surface area (TPSA) is 64.7 Å². The molecule has 0 saturated heterocycles. The number of aromatic nitrogens is 4. The lowest BCUT2D eigenvalue weighted by atomic mass is 10.1. The largest absolute Gasteiger partial charge is 0.347 e. The molecule has 2 aromatic carbocycles. The van der Waals surface area contributed by atoms with E-state index in [0.717, 1.165) is 41.3 Å². The molecule has 4 aromatic rings. The Morgan fingerprint density at radius 1 is 1.06 bits per heavy atom. The van der Waals surface area contributed by atoms with Crippen LogP contribution in [0, 0.1) is 6.92 Å². The number of hydrogen-bond acceptors (Lipinski definition) is 3. The van der Waals surface area contributed by atoms with E-state index < -0.39 is 0 Å². The van der Waals surface area contributed by atoms with Crippen molar-refractivity contribution >= 4 is 12.0 Å². The van der Waals surface area contributed by atoms with Crippen LogP contribution in [0.3, 0.4) is 0 Å². The van der Waals surface area contributed by atoms with Crippen molar-refractivity contribution in [2.75, 3.05) is 0 Å². The molecule has 0 atom stereocenters. The van der Waals surface area contributed by atoms with Crippen LogP contribution in [0.5, 0.6) is 0 Å². The maximum atomic E-state index is 12.6. The molecule has 0 fully saturated rings. The molecular formula is C28H29N5O. The predicted molar refractivity (Wildman–Crippen MR) is 134 cm³/mol. The Morgan fingerprint density at radius 2 is 1.88 bits per heavy atom. The Bertz CT molecular complexity index is 1280. The molecule has 34 heavy (non-hydrogen) atoms. The Kier molecular flexibility index (Phi) is 6.38. The normalized spacial score (nSPS) is 13.2.